The summed E-state index contributed by atoms with van der Waals surface area (Å²) in [4.78, 5) is 10.8. The minimum atomic E-state index is 0.647. The second-order valence-corrected chi connectivity index (χ2v) is 15.3. The van der Waals surface area contributed by atoms with Gasteiger partial charge in [0, 0.05) is 42.9 Å². The first-order chi connectivity index (χ1) is 27.7. The molecule has 260 valence electrons. The lowest BCUT2D eigenvalue weighted by molar-refractivity contribution is 1.46. The first kappa shape index (κ1) is 32.3. The van der Waals surface area contributed by atoms with Crippen LogP contribution in [0.3, 0.4) is 0 Å². The predicted octanol–water partition coefficient (Wildman–Crippen LogP) is 14.3. The zero-order valence-corrected chi connectivity index (χ0v) is 31.1. The van der Waals surface area contributed by atoms with Crippen molar-refractivity contribution in [3.63, 3.8) is 0 Å². The van der Waals surface area contributed by atoms with Crippen molar-refractivity contribution in [3.05, 3.63) is 217 Å². The molecule has 0 saturated carbocycles. The van der Waals surface area contributed by atoms with E-state index in [1.54, 1.807) is 0 Å². The highest BCUT2D eigenvalue weighted by Gasteiger charge is 2.19. The van der Waals surface area contributed by atoms with Crippen LogP contribution in [0, 0.1) is 0 Å². The molecule has 0 fully saturated rings. The normalized spacial score (nSPS) is 13.0. The average molecular weight is 729 g/mol. The molecule has 0 spiro atoms. The van der Waals surface area contributed by atoms with Gasteiger partial charge in [0.15, 0.2) is 5.84 Å². The molecule has 56 heavy (non-hydrogen) atoms. The number of aliphatic imine (C=N–C) groups is 2. The van der Waals surface area contributed by atoms with Crippen LogP contribution >= 0.6 is 11.3 Å². The number of nitrogens with zero attached hydrogens (tertiary/aromatic N) is 2. The highest BCUT2D eigenvalue weighted by molar-refractivity contribution is 7.26. The summed E-state index contributed by atoms with van der Waals surface area (Å²) in [5, 5.41) is 9.74. The summed E-state index contributed by atoms with van der Waals surface area (Å²) in [6, 6.07) is 67.2. The monoisotopic (exact) mass is 728 g/mol. The van der Waals surface area contributed by atoms with Crippen molar-refractivity contribution < 1.29 is 0 Å². The maximum absolute atomic E-state index is 5.46. The molecule has 2 nitrogen and oxygen atoms in total. The Hall–Kier alpha value is -7.16. The van der Waals surface area contributed by atoms with Crippen molar-refractivity contribution in [1.82, 2.24) is 0 Å². The molecule has 2 heterocycles. The van der Waals surface area contributed by atoms with Crippen molar-refractivity contribution >= 4 is 81.1 Å². The van der Waals surface area contributed by atoms with Crippen LogP contribution < -0.4 is 0 Å². The van der Waals surface area contributed by atoms with E-state index in [2.05, 4.69) is 188 Å². The number of amidine groups is 1. The van der Waals surface area contributed by atoms with Crippen LogP contribution in [0.1, 0.15) is 16.7 Å². The third-order valence-corrected chi connectivity index (χ3v) is 12.1. The van der Waals surface area contributed by atoms with Gasteiger partial charge >= 0.3 is 0 Å². The molecule has 1 aromatic heterocycles. The number of fused-ring (bicyclic) bond motifs is 7. The van der Waals surface area contributed by atoms with Gasteiger partial charge in [-0.3, -0.25) is 0 Å². The van der Waals surface area contributed by atoms with Crippen LogP contribution in [-0.4, -0.2) is 11.5 Å². The molecule has 11 rings (SSSR count). The summed E-state index contributed by atoms with van der Waals surface area (Å²) in [5.74, 6) is 0.647. The average Bonchev–Trinajstić information content (AvgIpc) is 3.52. The Bertz CT molecular complexity index is 3340. The van der Waals surface area contributed by atoms with E-state index in [9.17, 15) is 0 Å². The third-order valence-electron chi connectivity index (χ3n) is 10.9. The topological polar surface area (TPSA) is 24.7 Å². The zero-order chi connectivity index (χ0) is 37.0. The maximum atomic E-state index is 5.46. The Morgan fingerprint density at radius 3 is 1.91 bits per heavy atom. The van der Waals surface area contributed by atoms with Gasteiger partial charge in [0.1, 0.15) is 5.70 Å². The van der Waals surface area contributed by atoms with Crippen LogP contribution in [-0.2, 0) is 0 Å². The van der Waals surface area contributed by atoms with Gasteiger partial charge in [-0.2, -0.15) is 0 Å². The van der Waals surface area contributed by atoms with Crippen molar-refractivity contribution in [2.45, 2.75) is 0 Å². The highest BCUT2D eigenvalue weighted by Crippen LogP contribution is 2.45. The predicted molar refractivity (Wildman–Crippen MR) is 240 cm³/mol. The molecule has 3 heteroatoms. The Labute approximate surface area is 328 Å². The van der Waals surface area contributed by atoms with E-state index in [0.29, 0.717) is 5.84 Å². The fraction of sp³-hybridized carbons (Fsp3) is 0. The SMILES string of the molecule is C1=CC(c2cc(-c3cc4ccccc4c4sc5ccccc5c34)cc3ccccc23)=NC(c2cccc(-c3ccccc3)c2)=NC=1c1ccc2ccccc2c1. The second-order valence-electron chi connectivity index (χ2n) is 14.3. The molecule has 0 unspecified atom stereocenters. The fourth-order valence-electron chi connectivity index (χ4n) is 8.13. The van der Waals surface area contributed by atoms with Crippen LogP contribution in [0.4, 0.5) is 0 Å². The fourth-order valence-corrected chi connectivity index (χ4v) is 9.40. The second kappa shape index (κ2) is 13.3. The van der Waals surface area contributed by atoms with E-state index in [4.69, 9.17) is 9.98 Å². The van der Waals surface area contributed by atoms with Crippen LogP contribution in [0.5, 0.6) is 0 Å². The molecular formula is C53H32N2S. The van der Waals surface area contributed by atoms with Gasteiger partial charge in [-0.1, -0.05) is 157 Å². The summed E-state index contributed by atoms with van der Waals surface area (Å²) in [5.41, 5.74) is 12.8. The standard InChI is InChI=1S/C53H32N2S/c1-2-13-34(14-3-1)37-19-12-20-41(30-37)53-54-48(40-26-25-35-15-4-5-16-36(35)29-40)27-28-49(55-53)47-33-42(31-38-17-6-8-21-43(38)47)46-32-39-18-7-9-22-44(39)52-51(46)45-23-10-11-24-50(45)56-52/h1-26,28-33H. The van der Waals surface area contributed by atoms with E-state index in [0.717, 1.165) is 60.9 Å². The summed E-state index contributed by atoms with van der Waals surface area (Å²) in [6.07, 6.45) is 2.03. The number of hydrogen-bond donors (Lipinski definition) is 0. The van der Waals surface area contributed by atoms with Crippen molar-refractivity contribution in [3.8, 4) is 22.3 Å². The Morgan fingerprint density at radius 1 is 0.393 bits per heavy atom. The summed E-state index contributed by atoms with van der Waals surface area (Å²) >= 11 is 1.88. The summed E-state index contributed by atoms with van der Waals surface area (Å²) < 4.78 is 2.61. The molecule has 0 radical (unpaired) electrons. The Kier molecular flexibility index (Phi) is 7.67. The number of thiophene rings is 1. The molecule has 1 aliphatic rings. The third kappa shape index (κ3) is 5.58. The zero-order valence-electron chi connectivity index (χ0n) is 30.3. The van der Waals surface area contributed by atoms with E-state index in [1.165, 1.54) is 41.9 Å². The lowest BCUT2D eigenvalue weighted by Crippen LogP contribution is -2.05. The minimum Gasteiger partial charge on any atom is -0.227 e. The number of allylic oxidation sites excluding steroid dienone is 1. The van der Waals surface area contributed by atoms with Crippen LogP contribution in [0.2, 0.25) is 0 Å². The van der Waals surface area contributed by atoms with E-state index in [-0.39, 0.29) is 0 Å². The van der Waals surface area contributed by atoms with Crippen molar-refractivity contribution in [1.29, 1.82) is 0 Å². The van der Waals surface area contributed by atoms with Gasteiger partial charge in [0.25, 0.3) is 0 Å². The summed E-state index contributed by atoms with van der Waals surface area (Å²) in [6.45, 7) is 0. The lowest BCUT2D eigenvalue weighted by Gasteiger charge is -2.14. The van der Waals surface area contributed by atoms with Crippen LogP contribution in [0.25, 0.3) is 80.4 Å². The molecule has 9 aromatic carbocycles. The van der Waals surface area contributed by atoms with E-state index >= 15 is 0 Å². The lowest BCUT2D eigenvalue weighted by atomic mass is 9.91. The number of hydrogen-bond acceptors (Lipinski definition) is 3. The molecule has 0 atom stereocenters. The molecular weight excluding hydrogens is 697 g/mol. The molecule has 0 N–H and O–H groups in total. The van der Waals surface area contributed by atoms with E-state index in [1.807, 2.05) is 23.5 Å². The van der Waals surface area contributed by atoms with Gasteiger partial charge in [0.05, 0.1) is 5.71 Å². The van der Waals surface area contributed by atoms with Gasteiger partial charge in [0.2, 0.25) is 0 Å². The van der Waals surface area contributed by atoms with Gasteiger partial charge in [-0.25, -0.2) is 9.98 Å². The molecule has 0 amide bonds. The first-order valence-corrected chi connectivity index (χ1v) is 19.7. The quantitative estimate of drug-likeness (QED) is 0.158. The van der Waals surface area contributed by atoms with Gasteiger partial charge in [-0.05, 0) is 91.0 Å². The van der Waals surface area contributed by atoms with Crippen molar-refractivity contribution in [2.24, 2.45) is 9.98 Å². The minimum absolute atomic E-state index is 0.647. The van der Waals surface area contributed by atoms with Gasteiger partial charge < -0.3 is 0 Å². The molecule has 1 aliphatic heterocycles. The highest BCUT2D eigenvalue weighted by atomic mass is 32.1. The molecule has 0 bridgehead atoms. The van der Waals surface area contributed by atoms with E-state index < -0.39 is 0 Å². The number of rotatable bonds is 5. The molecule has 0 saturated heterocycles. The largest absolute Gasteiger partial charge is 0.227 e. The summed E-state index contributed by atoms with van der Waals surface area (Å²) in [7, 11) is 0. The van der Waals surface area contributed by atoms with Gasteiger partial charge in [-0.15, -0.1) is 11.3 Å². The maximum Gasteiger partial charge on any atom is 0.161 e. The Balaban J connectivity index is 1.16. The first-order valence-electron chi connectivity index (χ1n) is 18.9. The Morgan fingerprint density at radius 2 is 1.05 bits per heavy atom. The molecule has 0 aliphatic carbocycles. The smallest absolute Gasteiger partial charge is 0.161 e. The molecule has 10 aromatic rings. The van der Waals surface area contributed by atoms with Crippen molar-refractivity contribution in [2.75, 3.05) is 0 Å². The van der Waals surface area contributed by atoms with Crippen LogP contribution in [0.15, 0.2) is 210 Å². The number of benzene rings is 9.